The van der Waals surface area contributed by atoms with Gasteiger partial charge in [-0.25, -0.2) is 4.79 Å². The number of nitrogens with zero attached hydrogens (tertiary/aromatic N) is 1. The fourth-order valence-electron chi connectivity index (χ4n) is 4.24. The van der Waals surface area contributed by atoms with Crippen LogP contribution < -0.4 is 33.2 Å². The van der Waals surface area contributed by atoms with Gasteiger partial charge in [-0.2, -0.15) is 0 Å². The standard InChI is InChI=1S/C28H37N7O5/c29-20(16-18-8-3-1-4-9-18)24(36)35-23(17-19-10-5-2-6-11-19)26(38)33-21(12-7-14-32-28(30)31)25(37)34-22-13-15-40-27(22)39/h1-6,8-11,20-23H,7,12-17,29H2,(H,33,38)(H,34,37)(H,35,36)(H4,30,31,32)/t20-,21-,22-,23-/m0/s1. The van der Waals surface area contributed by atoms with Gasteiger partial charge >= 0.3 is 5.97 Å². The molecule has 0 unspecified atom stereocenters. The van der Waals surface area contributed by atoms with Gasteiger partial charge in [0.2, 0.25) is 17.7 Å². The Morgan fingerprint density at radius 2 is 1.48 bits per heavy atom. The summed E-state index contributed by atoms with van der Waals surface area (Å²) < 4.78 is 4.92. The van der Waals surface area contributed by atoms with Crippen molar-refractivity contribution in [3.05, 3.63) is 71.8 Å². The number of hydrogen-bond acceptors (Lipinski definition) is 7. The van der Waals surface area contributed by atoms with Gasteiger partial charge in [0.25, 0.3) is 0 Å². The second kappa shape index (κ2) is 15.2. The molecule has 0 aliphatic carbocycles. The Morgan fingerprint density at radius 3 is 2.05 bits per heavy atom. The molecule has 1 aliphatic rings. The van der Waals surface area contributed by atoms with Crippen molar-refractivity contribution < 1.29 is 23.9 Å². The molecule has 0 spiro atoms. The van der Waals surface area contributed by atoms with E-state index >= 15 is 0 Å². The predicted octanol–water partition coefficient (Wildman–Crippen LogP) is -0.746. The maximum atomic E-state index is 13.5. The van der Waals surface area contributed by atoms with Crippen molar-refractivity contribution >= 4 is 29.7 Å². The first kappa shape index (κ1) is 30.1. The Kier molecular flexibility index (Phi) is 11.5. The highest BCUT2D eigenvalue weighted by Gasteiger charge is 2.32. The first-order chi connectivity index (χ1) is 19.2. The molecule has 40 heavy (non-hydrogen) atoms. The van der Waals surface area contributed by atoms with E-state index in [2.05, 4.69) is 20.9 Å². The third kappa shape index (κ3) is 9.70. The molecule has 9 N–H and O–H groups in total. The SMILES string of the molecule is NC(N)=NCCC[C@H](NC(=O)[C@H](Cc1ccccc1)NC(=O)[C@@H](N)Cc1ccccc1)C(=O)N[C@H]1CCOC1=O. The molecule has 0 bridgehead atoms. The number of hydrogen-bond donors (Lipinski definition) is 6. The van der Waals surface area contributed by atoms with E-state index in [1.54, 1.807) is 0 Å². The van der Waals surface area contributed by atoms with Crippen molar-refractivity contribution in [3.8, 4) is 0 Å². The molecule has 4 atom stereocenters. The lowest BCUT2D eigenvalue weighted by Crippen LogP contribution is -2.57. The van der Waals surface area contributed by atoms with E-state index in [0.717, 1.165) is 11.1 Å². The summed E-state index contributed by atoms with van der Waals surface area (Å²) in [5, 5.41) is 8.13. The number of aliphatic imine (C=N–C) groups is 1. The second-order valence-corrected chi connectivity index (χ2v) is 9.57. The maximum absolute atomic E-state index is 13.5. The van der Waals surface area contributed by atoms with Gasteiger partial charge in [-0.05, 0) is 30.4 Å². The van der Waals surface area contributed by atoms with Crippen molar-refractivity contribution in [3.63, 3.8) is 0 Å². The number of benzene rings is 2. The lowest BCUT2D eigenvalue weighted by atomic mass is 10.0. The molecule has 0 saturated carbocycles. The number of esters is 1. The summed E-state index contributed by atoms with van der Waals surface area (Å²) in [6, 6.07) is 14.8. The minimum atomic E-state index is -1.01. The Labute approximate surface area is 233 Å². The second-order valence-electron chi connectivity index (χ2n) is 9.57. The van der Waals surface area contributed by atoms with Gasteiger partial charge in [-0.1, -0.05) is 60.7 Å². The van der Waals surface area contributed by atoms with E-state index in [0.29, 0.717) is 19.3 Å². The highest BCUT2D eigenvalue weighted by Crippen LogP contribution is 2.10. The molecule has 2 aromatic carbocycles. The highest BCUT2D eigenvalue weighted by molar-refractivity contribution is 5.94. The summed E-state index contributed by atoms with van der Waals surface area (Å²) in [5.41, 5.74) is 18.6. The van der Waals surface area contributed by atoms with E-state index in [1.807, 2.05) is 60.7 Å². The molecule has 12 heteroatoms. The molecule has 214 valence electrons. The molecule has 1 heterocycles. The Morgan fingerprint density at radius 1 is 0.875 bits per heavy atom. The molecular formula is C28H37N7O5. The van der Waals surface area contributed by atoms with Crippen LogP contribution in [0.15, 0.2) is 65.7 Å². The monoisotopic (exact) mass is 551 g/mol. The summed E-state index contributed by atoms with van der Waals surface area (Å²) in [6.45, 7) is 0.450. The molecule has 0 aromatic heterocycles. The fraction of sp³-hybridized carbons (Fsp3) is 0.393. The molecule has 3 rings (SSSR count). The van der Waals surface area contributed by atoms with Crippen LogP contribution in [0.5, 0.6) is 0 Å². The summed E-state index contributed by atoms with van der Waals surface area (Å²) in [7, 11) is 0. The number of nitrogens with two attached hydrogens (primary N) is 3. The quantitative estimate of drug-likeness (QED) is 0.0761. The molecule has 1 fully saturated rings. The number of guanidine groups is 1. The molecule has 12 nitrogen and oxygen atoms in total. The van der Waals surface area contributed by atoms with Gasteiger partial charge in [0.05, 0.1) is 12.6 Å². The van der Waals surface area contributed by atoms with Gasteiger partial charge in [0.1, 0.15) is 18.1 Å². The lowest BCUT2D eigenvalue weighted by molar-refractivity contribution is -0.141. The van der Waals surface area contributed by atoms with Crippen molar-refractivity contribution in [2.24, 2.45) is 22.2 Å². The number of ether oxygens (including phenoxy) is 1. The zero-order valence-corrected chi connectivity index (χ0v) is 22.3. The Hall–Kier alpha value is -4.45. The summed E-state index contributed by atoms with van der Waals surface area (Å²) in [4.78, 5) is 55.4. The minimum Gasteiger partial charge on any atom is -0.464 e. The van der Waals surface area contributed by atoms with Crippen molar-refractivity contribution in [2.75, 3.05) is 13.2 Å². The number of nitrogens with one attached hydrogen (secondary N) is 3. The number of carbonyl (C=O) groups is 4. The van der Waals surface area contributed by atoms with E-state index in [9.17, 15) is 19.2 Å². The third-order valence-electron chi connectivity index (χ3n) is 6.38. The Bertz CT molecular complexity index is 1170. The van der Waals surface area contributed by atoms with Gasteiger partial charge in [0.15, 0.2) is 5.96 Å². The smallest absolute Gasteiger partial charge is 0.328 e. The van der Waals surface area contributed by atoms with E-state index in [-0.39, 0.29) is 32.0 Å². The minimum absolute atomic E-state index is 0.0868. The number of rotatable bonds is 14. The molecular weight excluding hydrogens is 514 g/mol. The molecule has 1 aliphatic heterocycles. The lowest BCUT2D eigenvalue weighted by Gasteiger charge is -2.25. The zero-order chi connectivity index (χ0) is 28.9. The number of cyclic esters (lactones) is 1. The normalized spacial score (nSPS) is 16.6. The fourth-order valence-corrected chi connectivity index (χ4v) is 4.24. The van der Waals surface area contributed by atoms with Crippen LogP contribution in [0.25, 0.3) is 0 Å². The van der Waals surface area contributed by atoms with E-state index in [1.165, 1.54) is 0 Å². The van der Waals surface area contributed by atoms with Crippen LogP contribution in [0.4, 0.5) is 0 Å². The molecule has 0 radical (unpaired) electrons. The van der Waals surface area contributed by atoms with E-state index < -0.39 is 47.9 Å². The number of amides is 3. The van der Waals surface area contributed by atoms with Crippen LogP contribution in [-0.4, -0.2) is 67.0 Å². The van der Waals surface area contributed by atoms with Gasteiger partial charge in [-0.15, -0.1) is 0 Å². The average Bonchev–Trinajstić information content (AvgIpc) is 3.34. The van der Waals surface area contributed by atoms with Crippen LogP contribution in [0.3, 0.4) is 0 Å². The van der Waals surface area contributed by atoms with Crippen molar-refractivity contribution in [2.45, 2.75) is 56.3 Å². The topological polar surface area (TPSA) is 204 Å². The molecule has 1 saturated heterocycles. The number of carbonyl (C=O) groups excluding carboxylic acids is 4. The van der Waals surface area contributed by atoms with E-state index in [4.69, 9.17) is 21.9 Å². The zero-order valence-electron chi connectivity index (χ0n) is 22.3. The van der Waals surface area contributed by atoms with Crippen LogP contribution in [-0.2, 0) is 36.8 Å². The van der Waals surface area contributed by atoms with Gasteiger partial charge < -0.3 is 37.9 Å². The molecule has 2 aromatic rings. The first-order valence-electron chi connectivity index (χ1n) is 13.2. The summed E-state index contributed by atoms with van der Waals surface area (Å²) >= 11 is 0. The maximum Gasteiger partial charge on any atom is 0.328 e. The van der Waals surface area contributed by atoms with Crippen LogP contribution in [0.1, 0.15) is 30.4 Å². The largest absolute Gasteiger partial charge is 0.464 e. The molecule has 3 amide bonds. The van der Waals surface area contributed by atoms with Gasteiger partial charge in [-0.3, -0.25) is 19.4 Å². The predicted molar refractivity (Wildman–Crippen MR) is 150 cm³/mol. The van der Waals surface area contributed by atoms with Crippen LogP contribution in [0.2, 0.25) is 0 Å². The highest BCUT2D eigenvalue weighted by atomic mass is 16.5. The Balaban J connectivity index is 1.73. The van der Waals surface area contributed by atoms with Crippen molar-refractivity contribution in [1.29, 1.82) is 0 Å². The average molecular weight is 552 g/mol. The third-order valence-corrected chi connectivity index (χ3v) is 6.38. The van der Waals surface area contributed by atoms with Crippen molar-refractivity contribution in [1.82, 2.24) is 16.0 Å². The first-order valence-corrected chi connectivity index (χ1v) is 13.2. The van der Waals surface area contributed by atoms with Crippen LogP contribution >= 0.6 is 0 Å². The van der Waals surface area contributed by atoms with Crippen LogP contribution in [0, 0.1) is 0 Å². The summed E-state index contributed by atoms with van der Waals surface area (Å²) in [5.74, 6) is -2.23. The summed E-state index contributed by atoms with van der Waals surface area (Å²) in [6.07, 6.45) is 1.37. The van der Waals surface area contributed by atoms with Gasteiger partial charge in [0, 0.05) is 19.4 Å².